The number of hydrogen-bond donors (Lipinski definition) is 1. The smallest absolute Gasteiger partial charge is 0.313 e. The van der Waals surface area contributed by atoms with Gasteiger partial charge in [0.15, 0.2) is 11.0 Å². The molecule has 0 spiro atoms. The van der Waals surface area contributed by atoms with E-state index in [4.69, 9.17) is 5.11 Å². The molecule has 2 aromatic rings. The lowest BCUT2D eigenvalue weighted by Gasteiger charge is -2.12. The Morgan fingerprint density at radius 3 is 2.71 bits per heavy atom. The van der Waals surface area contributed by atoms with Gasteiger partial charge in [0.05, 0.1) is 11.4 Å². The van der Waals surface area contributed by atoms with Gasteiger partial charge in [-0.15, -0.1) is 10.2 Å². The second-order valence-corrected chi connectivity index (χ2v) is 5.79. The lowest BCUT2D eigenvalue weighted by molar-refractivity contribution is -0.133. The first-order chi connectivity index (χ1) is 9.93. The van der Waals surface area contributed by atoms with Crippen molar-refractivity contribution < 1.29 is 18.7 Å². The average molecular weight is 378 g/mol. The van der Waals surface area contributed by atoms with E-state index in [-0.39, 0.29) is 21.1 Å². The van der Waals surface area contributed by atoms with Crippen LogP contribution in [0.2, 0.25) is 0 Å². The molecule has 9 heteroatoms. The second-order valence-electron chi connectivity index (χ2n) is 3.99. The Morgan fingerprint density at radius 2 is 2.14 bits per heavy atom. The predicted octanol–water partition coefficient (Wildman–Crippen LogP) is 3.05. The number of hydrogen-bond acceptors (Lipinski definition) is 4. The maximum Gasteiger partial charge on any atom is 0.313 e. The van der Waals surface area contributed by atoms with Crippen molar-refractivity contribution in [1.82, 2.24) is 14.8 Å². The maximum absolute atomic E-state index is 14.1. The molecular weight excluding hydrogens is 368 g/mol. The summed E-state index contributed by atoms with van der Waals surface area (Å²) >= 11 is 4.03. The molecule has 1 aromatic heterocycles. The van der Waals surface area contributed by atoms with Crippen LogP contribution in [0.5, 0.6) is 0 Å². The molecule has 2 rings (SSSR count). The molecule has 1 heterocycles. The molecule has 0 saturated carbocycles. The highest BCUT2D eigenvalue weighted by atomic mass is 79.9. The van der Waals surface area contributed by atoms with Crippen LogP contribution in [0, 0.1) is 11.6 Å². The number of rotatable bonds is 5. The van der Waals surface area contributed by atoms with Crippen molar-refractivity contribution in [2.75, 3.05) is 5.75 Å². The SMILES string of the molecule is CCc1nnc(SCC(=O)O)n1-c1c(F)cc(F)cc1Br. The molecule has 0 saturated heterocycles. The van der Waals surface area contributed by atoms with E-state index in [9.17, 15) is 13.6 Å². The maximum atomic E-state index is 14.1. The molecule has 1 aromatic carbocycles. The first kappa shape index (κ1) is 15.9. The summed E-state index contributed by atoms with van der Waals surface area (Å²) in [5.74, 6) is -2.30. The molecule has 0 atom stereocenters. The summed E-state index contributed by atoms with van der Waals surface area (Å²) in [5, 5.41) is 16.8. The molecule has 0 fully saturated rings. The summed E-state index contributed by atoms with van der Waals surface area (Å²) in [6.45, 7) is 1.81. The number of aromatic nitrogens is 3. The normalized spacial score (nSPS) is 10.9. The van der Waals surface area contributed by atoms with Crippen LogP contribution in [0.3, 0.4) is 0 Å². The number of carboxylic acids is 1. The molecule has 0 amide bonds. The van der Waals surface area contributed by atoms with Crippen LogP contribution in [-0.4, -0.2) is 31.6 Å². The molecule has 0 radical (unpaired) electrons. The van der Waals surface area contributed by atoms with Gasteiger partial charge in [-0.05, 0) is 22.0 Å². The van der Waals surface area contributed by atoms with E-state index in [1.165, 1.54) is 4.57 Å². The molecule has 0 aliphatic heterocycles. The van der Waals surface area contributed by atoms with E-state index in [2.05, 4.69) is 26.1 Å². The largest absolute Gasteiger partial charge is 0.481 e. The van der Waals surface area contributed by atoms with Gasteiger partial charge < -0.3 is 5.11 Å². The van der Waals surface area contributed by atoms with Gasteiger partial charge in [-0.1, -0.05) is 18.7 Å². The van der Waals surface area contributed by atoms with Crippen LogP contribution in [0.4, 0.5) is 8.78 Å². The highest BCUT2D eigenvalue weighted by Gasteiger charge is 2.20. The molecule has 0 aliphatic carbocycles. The Balaban J connectivity index is 2.56. The topological polar surface area (TPSA) is 68.0 Å². The Hall–Kier alpha value is -1.48. The predicted molar refractivity (Wildman–Crippen MR) is 76.7 cm³/mol. The summed E-state index contributed by atoms with van der Waals surface area (Å²) in [6.07, 6.45) is 0.462. The molecule has 5 nitrogen and oxygen atoms in total. The highest BCUT2D eigenvalue weighted by molar-refractivity contribution is 9.10. The molecule has 0 unspecified atom stereocenters. The number of aliphatic carboxylic acids is 1. The number of thioether (sulfide) groups is 1. The monoisotopic (exact) mass is 377 g/mol. The summed E-state index contributed by atoms with van der Waals surface area (Å²) in [5.41, 5.74) is 0.0612. The number of nitrogens with zero attached hydrogens (tertiary/aromatic N) is 3. The molecule has 1 N–H and O–H groups in total. The first-order valence-corrected chi connectivity index (χ1v) is 7.65. The Bertz CT molecular complexity index is 670. The van der Waals surface area contributed by atoms with Crippen LogP contribution in [0.15, 0.2) is 21.8 Å². The quantitative estimate of drug-likeness (QED) is 0.811. The third-order valence-electron chi connectivity index (χ3n) is 2.55. The second kappa shape index (κ2) is 6.52. The molecule has 112 valence electrons. The summed E-state index contributed by atoms with van der Waals surface area (Å²) in [6, 6.07) is 1.88. The van der Waals surface area contributed by atoms with Crippen LogP contribution < -0.4 is 0 Å². The molecule has 21 heavy (non-hydrogen) atoms. The fraction of sp³-hybridized carbons (Fsp3) is 0.250. The van der Waals surface area contributed by atoms with Gasteiger partial charge in [0.2, 0.25) is 0 Å². The van der Waals surface area contributed by atoms with Crippen molar-refractivity contribution in [3.63, 3.8) is 0 Å². The number of halogens is 3. The average Bonchev–Trinajstić information content (AvgIpc) is 2.78. The van der Waals surface area contributed by atoms with Gasteiger partial charge >= 0.3 is 5.97 Å². The molecule has 0 bridgehead atoms. The lowest BCUT2D eigenvalue weighted by atomic mass is 10.3. The number of aryl methyl sites for hydroxylation is 1. The fourth-order valence-corrected chi connectivity index (χ4v) is 2.98. The number of benzene rings is 1. The van der Waals surface area contributed by atoms with Crippen LogP contribution in [-0.2, 0) is 11.2 Å². The van der Waals surface area contributed by atoms with Crippen LogP contribution in [0.25, 0.3) is 5.69 Å². The summed E-state index contributed by atoms with van der Waals surface area (Å²) < 4.78 is 28.9. The molecule has 0 aliphatic rings. The zero-order valence-electron chi connectivity index (χ0n) is 10.8. The van der Waals surface area contributed by atoms with Crippen molar-refractivity contribution >= 4 is 33.7 Å². The van der Waals surface area contributed by atoms with Gasteiger partial charge in [0.1, 0.15) is 11.6 Å². The van der Waals surface area contributed by atoms with E-state index in [1.54, 1.807) is 0 Å². The van der Waals surface area contributed by atoms with E-state index in [0.717, 1.165) is 23.9 Å². The van der Waals surface area contributed by atoms with Crippen LogP contribution >= 0.6 is 27.7 Å². The van der Waals surface area contributed by atoms with Gasteiger partial charge in [0, 0.05) is 17.0 Å². The van der Waals surface area contributed by atoms with Gasteiger partial charge in [-0.2, -0.15) is 0 Å². The first-order valence-electron chi connectivity index (χ1n) is 5.87. The van der Waals surface area contributed by atoms with Crippen molar-refractivity contribution in [2.24, 2.45) is 0 Å². The Morgan fingerprint density at radius 1 is 1.43 bits per heavy atom. The van der Waals surface area contributed by atoms with Crippen molar-refractivity contribution in [3.8, 4) is 5.69 Å². The number of carboxylic acid groups (broad SMARTS) is 1. The van der Waals surface area contributed by atoms with Gasteiger partial charge in [0.25, 0.3) is 0 Å². The van der Waals surface area contributed by atoms with E-state index in [1.807, 2.05) is 6.92 Å². The minimum absolute atomic E-state index is 0.0612. The van der Waals surface area contributed by atoms with Crippen LogP contribution in [0.1, 0.15) is 12.7 Å². The summed E-state index contributed by atoms with van der Waals surface area (Å²) in [7, 11) is 0. The van der Waals surface area contributed by atoms with Gasteiger partial charge in [-0.3, -0.25) is 9.36 Å². The standard InChI is InChI=1S/C12H10BrF2N3O2S/c1-2-9-16-17-12(21-5-10(19)20)18(9)11-7(13)3-6(14)4-8(11)15/h3-4H,2,5H2,1H3,(H,19,20). The zero-order chi connectivity index (χ0) is 15.6. The van der Waals surface area contributed by atoms with E-state index >= 15 is 0 Å². The van der Waals surface area contributed by atoms with E-state index < -0.39 is 17.6 Å². The van der Waals surface area contributed by atoms with Crippen molar-refractivity contribution in [3.05, 3.63) is 34.1 Å². The molecular formula is C12H10BrF2N3O2S. The van der Waals surface area contributed by atoms with Crippen molar-refractivity contribution in [2.45, 2.75) is 18.5 Å². The third kappa shape index (κ3) is 3.41. The van der Waals surface area contributed by atoms with Gasteiger partial charge in [-0.25, -0.2) is 8.78 Å². The number of carbonyl (C=O) groups is 1. The zero-order valence-corrected chi connectivity index (χ0v) is 13.2. The summed E-state index contributed by atoms with van der Waals surface area (Å²) in [4.78, 5) is 10.7. The third-order valence-corrected chi connectivity index (χ3v) is 4.06. The Kier molecular flexibility index (Phi) is 4.94. The minimum atomic E-state index is -1.02. The van der Waals surface area contributed by atoms with E-state index in [0.29, 0.717) is 12.2 Å². The highest BCUT2D eigenvalue weighted by Crippen LogP contribution is 2.30. The minimum Gasteiger partial charge on any atom is -0.481 e. The van der Waals surface area contributed by atoms with Crippen molar-refractivity contribution in [1.29, 1.82) is 0 Å². The Labute approximate surface area is 131 Å². The lowest BCUT2D eigenvalue weighted by Crippen LogP contribution is -2.07. The fourth-order valence-electron chi connectivity index (χ4n) is 1.72.